The van der Waals surface area contributed by atoms with Crippen LogP contribution in [0.2, 0.25) is 0 Å². The van der Waals surface area contributed by atoms with E-state index in [2.05, 4.69) is 19.9 Å². The van der Waals surface area contributed by atoms with Gasteiger partial charge in [0, 0.05) is 23.3 Å². The highest BCUT2D eigenvalue weighted by Gasteiger charge is 2.05. The third kappa shape index (κ3) is 4.44. The highest BCUT2D eigenvalue weighted by Crippen LogP contribution is 2.13. The molecule has 0 aromatic carbocycles. The van der Waals surface area contributed by atoms with Gasteiger partial charge in [-0.2, -0.15) is 0 Å². The van der Waals surface area contributed by atoms with Crippen molar-refractivity contribution in [2.45, 2.75) is 26.2 Å². The quantitative estimate of drug-likeness (QED) is 0.534. The van der Waals surface area contributed by atoms with Gasteiger partial charge in [-0.05, 0) is 56.5 Å². The summed E-state index contributed by atoms with van der Waals surface area (Å²) < 4.78 is 0. The van der Waals surface area contributed by atoms with E-state index in [4.69, 9.17) is 11.1 Å². The van der Waals surface area contributed by atoms with Crippen LogP contribution in [0, 0.1) is 12.3 Å². The second-order valence-corrected chi connectivity index (χ2v) is 5.82. The minimum Gasteiger partial charge on any atom is -0.382 e. The van der Waals surface area contributed by atoms with Gasteiger partial charge in [-0.3, -0.25) is 5.41 Å². The van der Waals surface area contributed by atoms with Crippen LogP contribution in [0.15, 0.2) is 48.7 Å². The van der Waals surface area contributed by atoms with E-state index >= 15 is 0 Å². The molecular weight excluding hydrogens is 312 g/mol. The summed E-state index contributed by atoms with van der Waals surface area (Å²) in [5.74, 6) is 0.644. The molecule has 0 atom stereocenters. The zero-order valence-corrected chi connectivity index (χ0v) is 14.1. The topological polar surface area (TPSA) is 101 Å². The number of hydrogen-bond acceptors (Lipinski definition) is 5. The molecule has 6 heteroatoms. The van der Waals surface area contributed by atoms with Crippen molar-refractivity contribution in [1.29, 1.82) is 5.41 Å². The number of rotatable bonds is 6. The number of hydrogen-bond donors (Lipinski definition) is 2. The number of nitrogens with zero attached hydrogens (tertiary/aromatic N) is 4. The van der Waals surface area contributed by atoms with Crippen LogP contribution in [0.3, 0.4) is 0 Å². The molecular formula is C19H20N6. The second kappa shape index (κ2) is 7.61. The van der Waals surface area contributed by atoms with Gasteiger partial charge in [-0.1, -0.05) is 12.1 Å². The van der Waals surface area contributed by atoms with Gasteiger partial charge in [-0.25, -0.2) is 19.9 Å². The second-order valence-electron chi connectivity index (χ2n) is 5.82. The Bertz CT molecular complexity index is 890. The molecule has 126 valence electrons. The molecule has 0 aliphatic carbocycles. The molecule has 3 heterocycles. The van der Waals surface area contributed by atoms with Gasteiger partial charge < -0.3 is 5.73 Å². The van der Waals surface area contributed by atoms with Crippen molar-refractivity contribution >= 4 is 5.84 Å². The fraction of sp³-hybridized carbons (Fsp3) is 0.211. The smallest absolute Gasteiger partial charge is 0.178 e. The first kappa shape index (κ1) is 16.7. The van der Waals surface area contributed by atoms with Gasteiger partial charge in [-0.15, -0.1) is 0 Å². The molecule has 0 aliphatic heterocycles. The van der Waals surface area contributed by atoms with Crippen molar-refractivity contribution in [2.24, 2.45) is 5.73 Å². The summed E-state index contributed by atoms with van der Waals surface area (Å²) in [4.78, 5) is 17.8. The molecule has 25 heavy (non-hydrogen) atoms. The average molecular weight is 332 g/mol. The monoisotopic (exact) mass is 332 g/mol. The van der Waals surface area contributed by atoms with E-state index in [-0.39, 0.29) is 5.84 Å². The minimum atomic E-state index is -0.00653. The molecule has 0 radical (unpaired) electrons. The number of nitrogens with two attached hydrogens (primary N) is 1. The number of nitrogen functional groups attached to an aromatic ring is 1. The Balaban J connectivity index is 1.65. The van der Waals surface area contributed by atoms with Crippen LogP contribution in [0.4, 0.5) is 0 Å². The third-order valence-electron chi connectivity index (χ3n) is 3.78. The van der Waals surface area contributed by atoms with E-state index in [0.29, 0.717) is 11.5 Å². The van der Waals surface area contributed by atoms with Crippen LogP contribution in [0.5, 0.6) is 0 Å². The van der Waals surface area contributed by atoms with Gasteiger partial charge >= 0.3 is 0 Å². The van der Waals surface area contributed by atoms with E-state index in [1.54, 1.807) is 12.3 Å². The molecule has 0 saturated heterocycles. The Hall–Kier alpha value is -3.15. The van der Waals surface area contributed by atoms with Crippen LogP contribution >= 0.6 is 0 Å². The van der Waals surface area contributed by atoms with Crippen molar-refractivity contribution in [3.8, 4) is 11.5 Å². The van der Waals surface area contributed by atoms with E-state index in [0.717, 1.165) is 42.0 Å². The SMILES string of the molecule is Cc1cccc(-c2nccc(CCCc3cccc(C(=N)N)n3)n2)n1. The minimum absolute atomic E-state index is 0.00653. The van der Waals surface area contributed by atoms with Gasteiger partial charge in [0.15, 0.2) is 5.82 Å². The molecule has 3 N–H and O–H groups in total. The maximum absolute atomic E-state index is 7.46. The molecule has 0 amide bonds. The zero-order chi connectivity index (χ0) is 17.6. The standard InChI is InChI=1S/C19H20N6/c1-13-5-2-10-17(23-13)19-22-12-11-15(25-19)7-3-6-14-8-4-9-16(24-14)18(20)21/h2,4-5,8-12H,3,6-7H2,1H3,(H3,20,21). The van der Waals surface area contributed by atoms with Gasteiger partial charge in [0.1, 0.15) is 17.2 Å². The van der Waals surface area contributed by atoms with Crippen LogP contribution in [0.25, 0.3) is 11.5 Å². The molecule has 0 unspecified atom stereocenters. The van der Waals surface area contributed by atoms with E-state index in [1.807, 2.05) is 43.3 Å². The fourth-order valence-corrected chi connectivity index (χ4v) is 2.55. The third-order valence-corrected chi connectivity index (χ3v) is 3.78. The molecule has 0 bridgehead atoms. The Labute approximate surface area is 146 Å². The maximum atomic E-state index is 7.46. The van der Waals surface area contributed by atoms with Crippen LogP contribution < -0.4 is 5.73 Å². The van der Waals surface area contributed by atoms with Gasteiger partial charge in [0.05, 0.1) is 0 Å². The van der Waals surface area contributed by atoms with Crippen LogP contribution in [0.1, 0.15) is 29.2 Å². The van der Waals surface area contributed by atoms with E-state index in [9.17, 15) is 0 Å². The summed E-state index contributed by atoms with van der Waals surface area (Å²) in [5.41, 5.74) is 9.66. The largest absolute Gasteiger partial charge is 0.382 e. The van der Waals surface area contributed by atoms with Gasteiger partial charge in [0.25, 0.3) is 0 Å². The fourth-order valence-electron chi connectivity index (χ4n) is 2.55. The normalized spacial score (nSPS) is 10.6. The first-order valence-electron chi connectivity index (χ1n) is 8.18. The lowest BCUT2D eigenvalue weighted by atomic mass is 10.1. The van der Waals surface area contributed by atoms with Crippen molar-refractivity contribution in [1.82, 2.24) is 19.9 Å². The lowest BCUT2D eigenvalue weighted by Crippen LogP contribution is -2.13. The molecule has 0 saturated carbocycles. The summed E-state index contributed by atoms with van der Waals surface area (Å²) in [5, 5.41) is 7.46. The summed E-state index contributed by atoms with van der Waals surface area (Å²) >= 11 is 0. The summed E-state index contributed by atoms with van der Waals surface area (Å²) in [6, 6.07) is 13.3. The predicted octanol–water partition coefficient (Wildman–Crippen LogP) is 2.70. The van der Waals surface area contributed by atoms with Crippen molar-refractivity contribution < 1.29 is 0 Å². The number of aromatic nitrogens is 4. The van der Waals surface area contributed by atoms with Crippen molar-refractivity contribution in [3.63, 3.8) is 0 Å². The summed E-state index contributed by atoms with van der Waals surface area (Å²) in [6.07, 6.45) is 4.32. The number of nitrogens with one attached hydrogen (secondary N) is 1. The average Bonchev–Trinajstić information content (AvgIpc) is 2.62. The van der Waals surface area contributed by atoms with Crippen LogP contribution in [-0.2, 0) is 12.8 Å². The molecule has 0 aliphatic rings. The number of pyridine rings is 2. The zero-order valence-electron chi connectivity index (χ0n) is 14.1. The molecule has 0 spiro atoms. The number of aryl methyl sites for hydroxylation is 3. The Kier molecular flexibility index (Phi) is 5.09. The first-order chi connectivity index (χ1) is 12.1. The molecule has 0 fully saturated rings. The first-order valence-corrected chi connectivity index (χ1v) is 8.18. The lowest BCUT2D eigenvalue weighted by Gasteiger charge is -2.05. The van der Waals surface area contributed by atoms with Gasteiger partial charge in [0.2, 0.25) is 0 Å². The molecule has 3 aromatic rings. The molecule has 3 rings (SSSR count). The lowest BCUT2D eigenvalue weighted by molar-refractivity contribution is 0.777. The summed E-state index contributed by atoms with van der Waals surface area (Å²) in [7, 11) is 0. The summed E-state index contributed by atoms with van der Waals surface area (Å²) in [6.45, 7) is 1.95. The van der Waals surface area contributed by atoms with Crippen LogP contribution in [-0.4, -0.2) is 25.8 Å². The number of amidine groups is 1. The van der Waals surface area contributed by atoms with Crippen molar-refractivity contribution in [2.75, 3.05) is 0 Å². The van der Waals surface area contributed by atoms with Crippen molar-refractivity contribution in [3.05, 3.63) is 71.4 Å². The maximum Gasteiger partial charge on any atom is 0.178 e. The Morgan fingerprint density at radius 3 is 2.48 bits per heavy atom. The van der Waals surface area contributed by atoms with E-state index in [1.165, 1.54) is 0 Å². The highest BCUT2D eigenvalue weighted by atomic mass is 14.9. The molecule has 3 aromatic heterocycles. The highest BCUT2D eigenvalue weighted by molar-refractivity contribution is 5.92. The molecule has 6 nitrogen and oxygen atoms in total. The van der Waals surface area contributed by atoms with E-state index < -0.39 is 0 Å². The Morgan fingerprint density at radius 2 is 1.72 bits per heavy atom. The Morgan fingerprint density at radius 1 is 0.960 bits per heavy atom. The predicted molar refractivity (Wildman–Crippen MR) is 97.3 cm³/mol.